The number of fused-ring (bicyclic) bond motifs is 3. The van der Waals surface area contributed by atoms with Crippen LogP contribution >= 0.6 is 0 Å². The highest BCUT2D eigenvalue weighted by atomic mass is 16.5. The zero-order valence-corrected chi connectivity index (χ0v) is 34.2. The number of aromatic nitrogens is 4. The third-order valence-electron chi connectivity index (χ3n) is 11.6. The van der Waals surface area contributed by atoms with E-state index in [1.54, 1.807) is 0 Å². The van der Waals surface area contributed by atoms with Crippen LogP contribution in [0.25, 0.3) is 33.3 Å². The average molecular weight is 707 g/mol. The maximum Gasteiger partial charge on any atom is 0.137 e. The van der Waals surface area contributed by atoms with Crippen molar-refractivity contribution in [2.45, 2.75) is 113 Å². The van der Waals surface area contributed by atoms with Crippen LogP contribution in [0.1, 0.15) is 117 Å². The summed E-state index contributed by atoms with van der Waals surface area (Å²) in [6, 6.07) is 26.0. The van der Waals surface area contributed by atoms with Crippen LogP contribution in [-0.2, 0) is 10.8 Å². The molecule has 0 saturated heterocycles. The number of hydrogen-bond donors (Lipinski definition) is 0. The molecule has 5 nitrogen and oxygen atoms in total. The number of ether oxygens (including phenoxy) is 1. The van der Waals surface area contributed by atoms with Crippen molar-refractivity contribution in [2.75, 3.05) is 0 Å². The Hall–Kier alpha value is -4.64. The van der Waals surface area contributed by atoms with Crippen LogP contribution in [0.3, 0.4) is 0 Å². The van der Waals surface area contributed by atoms with Gasteiger partial charge in [-0.3, -0.25) is 4.57 Å². The van der Waals surface area contributed by atoms with E-state index in [1.165, 1.54) is 45.2 Å². The summed E-state index contributed by atoms with van der Waals surface area (Å²) in [5.41, 5.74) is 11.0. The second-order valence-electron chi connectivity index (χ2n) is 18.8. The summed E-state index contributed by atoms with van der Waals surface area (Å²) in [5.74, 6) is 3.97. The normalized spacial score (nSPS) is 18.5. The summed E-state index contributed by atoms with van der Waals surface area (Å²) in [6.07, 6.45) is 5.66. The van der Waals surface area contributed by atoms with E-state index in [-0.39, 0.29) is 16.2 Å². The molecule has 0 radical (unpaired) electrons. The summed E-state index contributed by atoms with van der Waals surface area (Å²) >= 11 is 0. The van der Waals surface area contributed by atoms with Gasteiger partial charge in [-0.1, -0.05) is 99.1 Å². The molecular formula is C48H58N4O. The summed E-state index contributed by atoms with van der Waals surface area (Å²) < 4.78 is 11.3. The van der Waals surface area contributed by atoms with Gasteiger partial charge in [0.2, 0.25) is 0 Å². The summed E-state index contributed by atoms with van der Waals surface area (Å²) in [6.45, 7) is 29.8. The van der Waals surface area contributed by atoms with E-state index < -0.39 is 0 Å². The molecule has 0 fully saturated rings. The molecule has 3 aromatic heterocycles. The molecule has 0 saturated carbocycles. The predicted octanol–water partition coefficient (Wildman–Crippen LogP) is 13.1. The van der Waals surface area contributed by atoms with E-state index in [0.29, 0.717) is 17.8 Å². The molecule has 0 spiro atoms. The van der Waals surface area contributed by atoms with Crippen LogP contribution < -0.4 is 4.74 Å². The van der Waals surface area contributed by atoms with Gasteiger partial charge in [-0.25, -0.2) is 9.67 Å². The van der Waals surface area contributed by atoms with Gasteiger partial charge in [0.25, 0.3) is 0 Å². The lowest BCUT2D eigenvalue weighted by atomic mass is 9.65. The Balaban J connectivity index is 1.32. The lowest BCUT2D eigenvalue weighted by Crippen LogP contribution is -2.28. The van der Waals surface area contributed by atoms with Crippen molar-refractivity contribution in [1.29, 1.82) is 0 Å². The number of rotatable bonds is 5. The molecule has 53 heavy (non-hydrogen) atoms. The number of allylic oxidation sites excluding steroid dienone is 2. The van der Waals surface area contributed by atoms with Crippen molar-refractivity contribution in [2.24, 2.45) is 17.3 Å². The Kier molecular flexibility index (Phi) is 9.03. The molecule has 1 aliphatic carbocycles. The lowest BCUT2D eigenvalue weighted by molar-refractivity contribution is 0.224. The minimum absolute atomic E-state index is 0.00619. The van der Waals surface area contributed by atoms with Gasteiger partial charge < -0.3 is 4.74 Å². The minimum Gasteiger partial charge on any atom is -0.457 e. The molecular weight excluding hydrogens is 649 g/mol. The number of aryl methyl sites for hydroxylation is 1. The third kappa shape index (κ3) is 6.84. The van der Waals surface area contributed by atoms with Gasteiger partial charge in [-0.15, -0.1) is 0 Å². The Morgan fingerprint density at radius 2 is 1.42 bits per heavy atom. The van der Waals surface area contributed by atoms with Gasteiger partial charge in [-0.05, 0) is 109 Å². The molecule has 0 bridgehead atoms. The Morgan fingerprint density at radius 1 is 0.717 bits per heavy atom. The first-order valence-electron chi connectivity index (χ1n) is 19.4. The van der Waals surface area contributed by atoms with Crippen LogP contribution in [0.5, 0.6) is 11.5 Å². The molecule has 0 amide bonds. The standard InChI is InChI=1S/C48H58N4O/c1-29-22-34(47(8,9)10)23-30(2)44(29)45-31(3)50-52(32(45)4)36-24-35(48(11,12)13)25-38(27-36)53-37-18-19-40-39-16-14-15-17-41(39)51(42(40)28-37)43-26-33(20-21-49-43)46(5,6)7/h14-22,24-28,30,34,44H,23H2,1-13H3/t30-,34-,44-/m0/s1. The molecule has 276 valence electrons. The molecule has 3 aromatic carbocycles. The first kappa shape index (κ1) is 36.7. The zero-order valence-electron chi connectivity index (χ0n) is 34.2. The van der Waals surface area contributed by atoms with E-state index in [2.05, 4.69) is 178 Å². The third-order valence-corrected chi connectivity index (χ3v) is 11.6. The quantitative estimate of drug-likeness (QED) is 0.168. The second kappa shape index (κ2) is 13.0. The van der Waals surface area contributed by atoms with Crippen molar-refractivity contribution in [3.63, 3.8) is 0 Å². The van der Waals surface area contributed by atoms with Crippen molar-refractivity contribution in [3.05, 3.63) is 119 Å². The van der Waals surface area contributed by atoms with Gasteiger partial charge in [0.05, 0.1) is 22.4 Å². The lowest BCUT2D eigenvalue weighted by Gasteiger charge is -2.39. The van der Waals surface area contributed by atoms with Crippen LogP contribution in [0.15, 0.2) is 90.6 Å². The molecule has 0 aliphatic heterocycles. The molecule has 6 aromatic rings. The number of nitrogens with zero attached hydrogens (tertiary/aromatic N) is 4. The van der Waals surface area contributed by atoms with E-state index in [1.807, 2.05) is 6.20 Å². The molecule has 7 rings (SSSR count). The average Bonchev–Trinajstić information content (AvgIpc) is 3.56. The highest BCUT2D eigenvalue weighted by Gasteiger charge is 2.36. The van der Waals surface area contributed by atoms with E-state index in [9.17, 15) is 0 Å². The fourth-order valence-corrected chi connectivity index (χ4v) is 8.55. The summed E-state index contributed by atoms with van der Waals surface area (Å²) in [7, 11) is 0. The SMILES string of the molecule is CC1=C[C@H](C(C)(C)C)C[C@H](C)[C@H]1c1c(C)nn(-c2cc(Oc3ccc4c5ccccc5n(-c5cc(C(C)(C)C)ccn5)c4c3)cc(C(C)(C)C)c2)c1C. The molecule has 0 unspecified atom stereocenters. The highest BCUT2D eigenvalue weighted by molar-refractivity contribution is 6.09. The van der Waals surface area contributed by atoms with Gasteiger partial charge in [0.1, 0.15) is 17.3 Å². The van der Waals surface area contributed by atoms with Crippen molar-refractivity contribution >= 4 is 21.8 Å². The maximum atomic E-state index is 6.84. The van der Waals surface area contributed by atoms with Gasteiger partial charge in [0.15, 0.2) is 0 Å². The first-order chi connectivity index (χ1) is 24.8. The smallest absolute Gasteiger partial charge is 0.137 e. The maximum absolute atomic E-state index is 6.84. The largest absolute Gasteiger partial charge is 0.457 e. The van der Waals surface area contributed by atoms with E-state index in [0.717, 1.165) is 39.7 Å². The van der Waals surface area contributed by atoms with Gasteiger partial charge >= 0.3 is 0 Å². The second-order valence-corrected chi connectivity index (χ2v) is 18.8. The minimum atomic E-state index is -0.0909. The van der Waals surface area contributed by atoms with Crippen LogP contribution in [0.2, 0.25) is 0 Å². The molecule has 1 aliphatic rings. The van der Waals surface area contributed by atoms with Gasteiger partial charge in [-0.2, -0.15) is 5.10 Å². The van der Waals surface area contributed by atoms with Crippen molar-refractivity contribution in [1.82, 2.24) is 19.3 Å². The number of para-hydroxylation sites is 1. The molecule has 0 N–H and O–H groups in total. The van der Waals surface area contributed by atoms with Crippen LogP contribution in [-0.4, -0.2) is 19.3 Å². The number of pyridine rings is 1. The van der Waals surface area contributed by atoms with Crippen molar-refractivity contribution in [3.8, 4) is 23.0 Å². The summed E-state index contributed by atoms with van der Waals surface area (Å²) in [4.78, 5) is 4.88. The van der Waals surface area contributed by atoms with Crippen molar-refractivity contribution < 1.29 is 4.74 Å². The Morgan fingerprint density at radius 3 is 2.09 bits per heavy atom. The van der Waals surface area contributed by atoms with Gasteiger partial charge in [0, 0.05) is 46.3 Å². The molecule has 5 heteroatoms. The zero-order chi connectivity index (χ0) is 38.2. The summed E-state index contributed by atoms with van der Waals surface area (Å²) in [5, 5.41) is 7.59. The fraction of sp³-hybridized carbons (Fsp3) is 0.417. The monoisotopic (exact) mass is 706 g/mol. The molecule has 3 heterocycles. The topological polar surface area (TPSA) is 44.9 Å². The number of benzene rings is 3. The van der Waals surface area contributed by atoms with E-state index >= 15 is 0 Å². The molecule has 3 atom stereocenters. The Labute approximate surface area is 317 Å². The first-order valence-corrected chi connectivity index (χ1v) is 19.4. The van der Waals surface area contributed by atoms with Crippen LogP contribution in [0.4, 0.5) is 0 Å². The predicted molar refractivity (Wildman–Crippen MR) is 222 cm³/mol. The van der Waals surface area contributed by atoms with Crippen LogP contribution in [0, 0.1) is 31.1 Å². The van der Waals surface area contributed by atoms with E-state index in [4.69, 9.17) is 14.8 Å². The fourth-order valence-electron chi connectivity index (χ4n) is 8.55. The highest BCUT2D eigenvalue weighted by Crippen LogP contribution is 2.47. The number of hydrogen-bond acceptors (Lipinski definition) is 3. The Bertz CT molecular complexity index is 2370.